The van der Waals surface area contributed by atoms with Gasteiger partial charge in [0.1, 0.15) is 0 Å². The molecule has 2 aromatic carbocycles. The molecule has 0 saturated heterocycles. The lowest BCUT2D eigenvalue weighted by Gasteiger charge is -2.08. The van der Waals surface area contributed by atoms with E-state index in [2.05, 4.69) is 15.6 Å². The van der Waals surface area contributed by atoms with Gasteiger partial charge in [0.15, 0.2) is 11.5 Å². The van der Waals surface area contributed by atoms with Crippen molar-refractivity contribution in [1.82, 2.24) is 10.3 Å². The molecule has 2 N–H and O–H groups in total. The van der Waals surface area contributed by atoms with Crippen LogP contribution < -0.4 is 20.1 Å². The molecule has 0 saturated carbocycles. The molecule has 1 aromatic heterocycles. The number of ether oxygens (including phenoxy) is 2. The quantitative estimate of drug-likeness (QED) is 0.694. The van der Waals surface area contributed by atoms with Gasteiger partial charge in [0.2, 0.25) is 6.79 Å². The van der Waals surface area contributed by atoms with Crippen molar-refractivity contribution in [3.8, 4) is 22.8 Å². The zero-order valence-corrected chi connectivity index (χ0v) is 15.6. The Morgan fingerprint density at radius 1 is 1.15 bits per heavy atom. The molecule has 6 nitrogen and oxygen atoms in total. The number of anilines is 1. The van der Waals surface area contributed by atoms with E-state index in [0.29, 0.717) is 13.0 Å². The molecule has 0 bridgehead atoms. The van der Waals surface area contributed by atoms with Crippen LogP contribution in [0.15, 0.2) is 47.8 Å². The predicted octanol–water partition coefficient (Wildman–Crippen LogP) is 4.21. The minimum Gasteiger partial charge on any atom is -0.454 e. The molecule has 4 rings (SSSR count). The number of fused-ring (bicyclic) bond motifs is 1. The van der Waals surface area contributed by atoms with Crippen LogP contribution in [-0.4, -0.2) is 24.4 Å². The lowest BCUT2D eigenvalue weighted by Crippen LogP contribution is -2.30. The number of benzene rings is 2. The molecule has 2 heterocycles. The Morgan fingerprint density at radius 2 is 1.96 bits per heavy atom. The summed E-state index contributed by atoms with van der Waals surface area (Å²) in [5.74, 6) is 1.52. The van der Waals surface area contributed by atoms with E-state index in [1.54, 1.807) is 11.3 Å². The summed E-state index contributed by atoms with van der Waals surface area (Å²) in [5, 5.41) is 8.77. The van der Waals surface area contributed by atoms with Gasteiger partial charge >= 0.3 is 6.03 Å². The van der Waals surface area contributed by atoms with Gasteiger partial charge in [-0.3, -0.25) is 0 Å². The molecule has 3 aromatic rings. The third-order valence-electron chi connectivity index (χ3n) is 4.19. The monoisotopic (exact) mass is 381 g/mol. The van der Waals surface area contributed by atoms with Crippen molar-refractivity contribution in [2.75, 3.05) is 18.7 Å². The molecule has 0 radical (unpaired) electrons. The molecule has 138 valence electrons. The average molecular weight is 381 g/mol. The second-order valence-electron chi connectivity index (χ2n) is 6.15. The number of rotatable bonds is 5. The van der Waals surface area contributed by atoms with Gasteiger partial charge in [0, 0.05) is 23.2 Å². The van der Waals surface area contributed by atoms with Crippen LogP contribution in [0.1, 0.15) is 10.6 Å². The number of nitrogens with zero attached hydrogens (tertiary/aromatic N) is 1. The number of hydrogen-bond acceptors (Lipinski definition) is 5. The summed E-state index contributed by atoms with van der Waals surface area (Å²) in [4.78, 5) is 16.5. The number of carbonyl (C=O) groups is 1. The number of thiazole rings is 1. The number of aromatic nitrogens is 1. The van der Waals surface area contributed by atoms with Crippen LogP contribution in [-0.2, 0) is 6.42 Å². The topological polar surface area (TPSA) is 72.5 Å². The Kier molecular flexibility index (Phi) is 4.93. The summed E-state index contributed by atoms with van der Waals surface area (Å²) >= 11 is 1.62. The Morgan fingerprint density at radius 3 is 2.74 bits per heavy atom. The Hall–Kier alpha value is -3.06. The van der Waals surface area contributed by atoms with Crippen molar-refractivity contribution in [3.63, 3.8) is 0 Å². The first kappa shape index (κ1) is 17.4. The molecule has 0 spiro atoms. The lowest BCUT2D eigenvalue weighted by atomic mass is 10.1. The van der Waals surface area contributed by atoms with Gasteiger partial charge in [-0.05, 0) is 43.2 Å². The Labute approximate surface area is 161 Å². The number of aryl methyl sites for hydroxylation is 1. The lowest BCUT2D eigenvalue weighted by molar-refractivity contribution is 0.174. The maximum atomic E-state index is 12.1. The minimum atomic E-state index is -0.229. The van der Waals surface area contributed by atoms with E-state index in [0.717, 1.165) is 39.0 Å². The number of amides is 2. The summed E-state index contributed by atoms with van der Waals surface area (Å²) in [6.45, 7) is 2.78. The second-order valence-corrected chi connectivity index (χ2v) is 7.21. The number of urea groups is 1. The van der Waals surface area contributed by atoms with Crippen molar-refractivity contribution in [1.29, 1.82) is 0 Å². The molecule has 0 aliphatic carbocycles. The smallest absolute Gasteiger partial charge is 0.319 e. The maximum absolute atomic E-state index is 12.1. The largest absolute Gasteiger partial charge is 0.454 e. The summed E-state index contributed by atoms with van der Waals surface area (Å²) < 4.78 is 10.7. The Bertz CT molecular complexity index is 953. The molecule has 1 aliphatic heterocycles. The molecule has 0 fully saturated rings. The van der Waals surface area contributed by atoms with Gasteiger partial charge < -0.3 is 20.1 Å². The van der Waals surface area contributed by atoms with Crippen LogP contribution in [0.4, 0.5) is 10.5 Å². The van der Waals surface area contributed by atoms with E-state index in [4.69, 9.17) is 9.47 Å². The first-order valence-corrected chi connectivity index (χ1v) is 9.51. The predicted molar refractivity (Wildman–Crippen MR) is 106 cm³/mol. The van der Waals surface area contributed by atoms with E-state index < -0.39 is 0 Å². The molecule has 27 heavy (non-hydrogen) atoms. The second kappa shape index (κ2) is 7.67. The standard InChI is InChI=1S/C20H19N3O3S/c1-13-22-17(11-27-13)15-3-5-16(6-4-15)23-20(24)21-9-8-14-2-7-18-19(10-14)26-12-25-18/h2-7,10-11H,8-9,12H2,1H3,(H2,21,23,24). The number of nitrogens with one attached hydrogen (secondary N) is 2. The fraction of sp³-hybridized carbons (Fsp3) is 0.200. The van der Waals surface area contributed by atoms with E-state index in [1.807, 2.05) is 54.8 Å². The summed E-state index contributed by atoms with van der Waals surface area (Å²) in [5.41, 5.74) is 3.82. The molecule has 1 aliphatic rings. The van der Waals surface area contributed by atoms with Crippen molar-refractivity contribution in [2.24, 2.45) is 0 Å². The van der Waals surface area contributed by atoms with E-state index in [-0.39, 0.29) is 12.8 Å². The van der Waals surface area contributed by atoms with Gasteiger partial charge in [-0.2, -0.15) is 0 Å². The molecular weight excluding hydrogens is 362 g/mol. The number of carbonyl (C=O) groups excluding carboxylic acids is 1. The van der Waals surface area contributed by atoms with Crippen LogP contribution in [0.5, 0.6) is 11.5 Å². The van der Waals surface area contributed by atoms with Crippen molar-refractivity contribution in [2.45, 2.75) is 13.3 Å². The Balaban J connectivity index is 1.27. The highest BCUT2D eigenvalue weighted by atomic mass is 32.1. The molecule has 0 atom stereocenters. The maximum Gasteiger partial charge on any atom is 0.319 e. The molecule has 2 amide bonds. The summed E-state index contributed by atoms with van der Waals surface area (Å²) in [6, 6.07) is 13.2. The fourth-order valence-corrected chi connectivity index (χ4v) is 3.43. The SMILES string of the molecule is Cc1nc(-c2ccc(NC(=O)NCCc3ccc4c(c3)OCO4)cc2)cs1. The van der Waals surface area contributed by atoms with Gasteiger partial charge in [-0.15, -0.1) is 11.3 Å². The highest BCUT2D eigenvalue weighted by Gasteiger charge is 2.13. The number of hydrogen-bond donors (Lipinski definition) is 2. The van der Waals surface area contributed by atoms with Crippen LogP contribution >= 0.6 is 11.3 Å². The highest BCUT2D eigenvalue weighted by molar-refractivity contribution is 7.09. The molecule has 0 unspecified atom stereocenters. The highest BCUT2D eigenvalue weighted by Crippen LogP contribution is 2.32. The molecular formula is C20H19N3O3S. The fourth-order valence-electron chi connectivity index (χ4n) is 2.81. The first-order chi connectivity index (χ1) is 13.2. The van der Waals surface area contributed by atoms with Crippen LogP contribution in [0.3, 0.4) is 0 Å². The van der Waals surface area contributed by atoms with Crippen LogP contribution in [0, 0.1) is 6.92 Å². The zero-order chi connectivity index (χ0) is 18.6. The van der Waals surface area contributed by atoms with Gasteiger partial charge in [-0.25, -0.2) is 9.78 Å². The summed E-state index contributed by atoms with van der Waals surface area (Å²) in [6.07, 6.45) is 0.714. The van der Waals surface area contributed by atoms with Gasteiger partial charge in [0.05, 0.1) is 10.7 Å². The van der Waals surface area contributed by atoms with Crippen molar-refractivity contribution < 1.29 is 14.3 Å². The van der Waals surface area contributed by atoms with E-state index in [9.17, 15) is 4.79 Å². The third-order valence-corrected chi connectivity index (χ3v) is 4.97. The third kappa shape index (κ3) is 4.20. The van der Waals surface area contributed by atoms with Gasteiger partial charge in [-0.1, -0.05) is 18.2 Å². The van der Waals surface area contributed by atoms with Crippen LogP contribution in [0.25, 0.3) is 11.3 Å². The minimum absolute atomic E-state index is 0.229. The van der Waals surface area contributed by atoms with Crippen molar-refractivity contribution in [3.05, 3.63) is 58.4 Å². The normalized spacial score (nSPS) is 12.0. The zero-order valence-electron chi connectivity index (χ0n) is 14.8. The summed E-state index contributed by atoms with van der Waals surface area (Å²) in [7, 11) is 0. The van der Waals surface area contributed by atoms with Crippen molar-refractivity contribution >= 4 is 23.1 Å². The van der Waals surface area contributed by atoms with Gasteiger partial charge in [0.25, 0.3) is 0 Å². The van der Waals surface area contributed by atoms with E-state index >= 15 is 0 Å². The van der Waals surface area contributed by atoms with Crippen LogP contribution in [0.2, 0.25) is 0 Å². The first-order valence-electron chi connectivity index (χ1n) is 8.63. The van der Waals surface area contributed by atoms with E-state index in [1.165, 1.54) is 0 Å². The molecule has 7 heteroatoms. The average Bonchev–Trinajstić information content (AvgIpc) is 3.31.